The molecular weight excluding hydrogens is 186 g/mol. The van der Waals surface area contributed by atoms with Crippen molar-refractivity contribution < 1.29 is 9.90 Å². The number of carboxylic acids is 1. The molecule has 4 heteroatoms. The number of fused-ring (bicyclic) bond motifs is 1. The smallest absolute Gasteiger partial charge is 0.337 e. The summed E-state index contributed by atoms with van der Waals surface area (Å²) in [5.74, 6) is -0.906. The van der Waals surface area contributed by atoms with Crippen molar-refractivity contribution >= 4 is 33.1 Å². The number of anilines is 1. The third kappa shape index (κ3) is 1.25. The molecule has 0 atom stereocenters. The van der Waals surface area contributed by atoms with Crippen LogP contribution in [0.2, 0.25) is 0 Å². The second kappa shape index (κ2) is 2.74. The topological polar surface area (TPSA) is 63.3 Å². The molecule has 1 aromatic carbocycles. The molecule has 0 fully saturated rings. The van der Waals surface area contributed by atoms with Gasteiger partial charge in [0.2, 0.25) is 0 Å². The van der Waals surface area contributed by atoms with E-state index in [1.165, 1.54) is 11.3 Å². The van der Waals surface area contributed by atoms with Gasteiger partial charge in [-0.25, -0.2) is 4.79 Å². The predicted octanol–water partition coefficient (Wildman–Crippen LogP) is 2.18. The van der Waals surface area contributed by atoms with Crippen LogP contribution in [0.3, 0.4) is 0 Å². The number of benzene rings is 1. The Balaban J connectivity index is 2.79. The van der Waals surface area contributed by atoms with Crippen molar-refractivity contribution in [3.8, 4) is 0 Å². The number of hydrogen-bond donors (Lipinski definition) is 2. The molecule has 1 heterocycles. The minimum absolute atomic E-state index is 0.326. The number of carbonyl (C=O) groups is 1. The van der Waals surface area contributed by atoms with Gasteiger partial charge in [0, 0.05) is 21.2 Å². The molecule has 0 saturated carbocycles. The number of aromatic carboxylic acids is 1. The van der Waals surface area contributed by atoms with Crippen molar-refractivity contribution in [3.63, 3.8) is 0 Å². The van der Waals surface area contributed by atoms with E-state index in [1.807, 2.05) is 6.07 Å². The highest BCUT2D eigenvalue weighted by atomic mass is 32.1. The summed E-state index contributed by atoms with van der Waals surface area (Å²) in [7, 11) is 0. The van der Waals surface area contributed by atoms with E-state index in [0.717, 1.165) is 10.1 Å². The molecule has 0 aliphatic heterocycles. The number of hydrogen-bond acceptors (Lipinski definition) is 3. The fourth-order valence-electron chi connectivity index (χ4n) is 1.21. The molecule has 0 aliphatic carbocycles. The first-order valence-electron chi connectivity index (χ1n) is 3.68. The summed E-state index contributed by atoms with van der Waals surface area (Å²) in [4.78, 5) is 10.8. The lowest BCUT2D eigenvalue weighted by molar-refractivity contribution is 0.0699. The third-order valence-electron chi connectivity index (χ3n) is 1.83. The van der Waals surface area contributed by atoms with E-state index in [9.17, 15) is 4.79 Å². The van der Waals surface area contributed by atoms with E-state index in [-0.39, 0.29) is 0 Å². The second-order valence-electron chi connectivity index (χ2n) is 2.71. The van der Waals surface area contributed by atoms with Crippen LogP contribution in [0.5, 0.6) is 0 Å². The lowest BCUT2D eigenvalue weighted by atomic mass is 10.1. The standard InChI is InChI=1S/C9H7NO2S/c10-5-1-2-8-6(3-5)7(4-13-8)9(11)12/h1-4H,10H2,(H,11,12). The van der Waals surface area contributed by atoms with E-state index < -0.39 is 5.97 Å². The number of carboxylic acid groups (broad SMARTS) is 1. The maximum absolute atomic E-state index is 10.8. The Morgan fingerprint density at radius 2 is 2.23 bits per heavy atom. The Labute approximate surface area is 78.4 Å². The Morgan fingerprint density at radius 3 is 2.92 bits per heavy atom. The van der Waals surface area contributed by atoms with Gasteiger partial charge in [-0.1, -0.05) is 0 Å². The lowest BCUT2D eigenvalue weighted by Gasteiger charge is -1.94. The quantitative estimate of drug-likeness (QED) is 0.682. The van der Waals surface area contributed by atoms with E-state index in [4.69, 9.17) is 10.8 Å². The van der Waals surface area contributed by atoms with Crippen molar-refractivity contribution in [3.05, 3.63) is 29.1 Å². The van der Waals surface area contributed by atoms with Crippen molar-refractivity contribution in [2.24, 2.45) is 0 Å². The average Bonchev–Trinajstić information content (AvgIpc) is 2.46. The lowest BCUT2D eigenvalue weighted by Crippen LogP contribution is -1.93. The van der Waals surface area contributed by atoms with Crippen LogP contribution < -0.4 is 5.73 Å². The molecule has 0 amide bonds. The largest absolute Gasteiger partial charge is 0.478 e. The van der Waals surface area contributed by atoms with Crippen LogP contribution in [0.1, 0.15) is 10.4 Å². The fourth-order valence-corrected chi connectivity index (χ4v) is 2.13. The highest BCUT2D eigenvalue weighted by molar-refractivity contribution is 7.17. The van der Waals surface area contributed by atoms with Gasteiger partial charge in [0.1, 0.15) is 0 Å². The van der Waals surface area contributed by atoms with E-state index in [2.05, 4.69) is 0 Å². The molecule has 2 rings (SSSR count). The third-order valence-corrected chi connectivity index (χ3v) is 2.79. The molecule has 3 N–H and O–H groups in total. The molecule has 1 aromatic heterocycles. The molecule has 66 valence electrons. The van der Waals surface area contributed by atoms with E-state index in [1.54, 1.807) is 17.5 Å². The first kappa shape index (κ1) is 8.07. The van der Waals surface area contributed by atoms with Crippen LogP contribution in [0.25, 0.3) is 10.1 Å². The molecule has 13 heavy (non-hydrogen) atoms. The highest BCUT2D eigenvalue weighted by Gasteiger charge is 2.09. The number of rotatable bonds is 1. The zero-order valence-corrected chi connectivity index (χ0v) is 7.47. The number of thiophene rings is 1. The summed E-state index contributed by atoms with van der Waals surface area (Å²) in [6.45, 7) is 0. The van der Waals surface area contributed by atoms with Crippen LogP contribution in [0.4, 0.5) is 5.69 Å². The summed E-state index contributed by atoms with van der Waals surface area (Å²) in [5, 5.41) is 11.2. The molecule has 0 unspecified atom stereocenters. The van der Waals surface area contributed by atoms with Gasteiger partial charge in [-0.2, -0.15) is 0 Å². The highest BCUT2D eigenvalue weighted by Crippen LogP contribution is 2.27. The van der Waals surface area contributed by atoms with Gasteiger partial charge in [0.25, 0.3) is 0 Å². The van der Waals surface area contributed by atoms with Gasteiger partial charge in [-0.15, -0.1) is 11.3 Å². The zero-order valence-electron chi connectivity index (χ0n) is 6.65. The molecule has 0 saturated heterocycles. The normalized spacial score (nSPS) is 10.5. The first-order valence-corrected chi connectivity index (χ1v) is 4.56. The summed E-state index contributed by atoms with van der Waals surface area (Å²) >= 11 is 1.41. The molecule has 0 spiro atoms. The maximum Gasteiger partial charge on any atom is 0.337 e. The number of nitrogen functional groups attached to an aromatic ring is 1. The summed E-state index contributed by atoms with van der Waals surface area (Å²) in [5.41, 5.74) is 6.48. The molecule has 0 aliphatic rings. The fraction of sp³-hybridized carbons (Fsp3) is 0. The predicted molar refractivity (Wildman–Crippen MR) is 53.2 cm³/mol. The second-order valence-corrected chi connectivity index (χ2v) is 3.62. The van der Waals surface area contributed by atoms with Gasteiger partial charge < -0.3 is 10.8 Å². The van der Waals surface area contributed by atoms with Crippen molar-refractivity contribution in [1.82, 2.24) is 0 Å². The van der Waals surface area contributed by atoms with Crippen LogP contribution in [-0.4, -0.2) is 11.1 Å². The van der Waals surface area contributed by atoms with Gasteiger partial charge in [0.15, 0.2) is 0 Å². The first-order chi connectivity index (χ1) is 6.18. The molecule has 2 aromatic rings. The SMILES string of the molecule is Nc1ccc2scc(C(=O)O)c2c1. The maximum atomic E-state index is 10.8. The molecule has 3 nitrogen and oxygen atoms in total. The van der Waals surface area contributed by atoms with Crippen LogP contribution in [-0.2, 0) is 0 Å². The van der Waals surface area contributed by atoms with Crippen molar-refractivity contribution in [2.45, 2.75) is 0 Å². The van der Waals surface area contributed by atoms with Crippen molar-refractivity contribution in [2.75, 3.05) is 5.73 Å². The zero-order chi connectivity index (χ0) is 9.42. The minimum Gasteiger partial charge on any atom is -0.478 e. The molecule has 0 radical (unpaired) electrons. The summed E-state index contributed by atoms with van der Waals surface area (Å²) in [6.07, 6.45) is 0. The Bertz CT molecular complexity index is 475. The minimum atomic E-state index is -0.906. The Kier molecular flexibility index (Phi) is 1.70. The summed E-state index contributed by atoms with van der Waals surface area (Å²) < 4.78 is 0.951. The van der Waals surface area contributed by atoms with Crippen LogP contribution in [0, 0.1) is 0 Å². The van der Waals surface area contributed by atoms with Gasteiger partial charge >= 0.3 is 5.97 Å². The summed E-state index contributed by atoms with van der Waals surface area (Å²) in [6, 6.07) is 5.29. The molecular formula is C9H7NO2S. The Hall–Kier alpha value is -1.55. The van der Waals surface area contributed by atoms with Crippen LogP contribution >= 0.6 is 11.3 Å². The van der Waals surface area contributed by atoms with Crippen molar-refractivity contribution in [1.29, 1.82) is 0 Å². The van der Waals surface area contributed by atoms with Gasteiger partial charge in [0.05, 0.1) is 5.56 Å². The van der Waals surface area contributed by atoms with E-state index in [0.29, 0.717) is 11.3 Å². The monoisotopic (exact) mass is 193 g/mol. The number of nitrogens with two attached hydrogens (primary N) is 1. The van der Waals surface area contributed by atoms with Gasteiger partial charge in [-0.05, 0) is 18.2 Å². The Morgan fingerprint density at radius 1 is 1.46 bits per heavy atom. The average molecular weight is 193 g/mol. The molecule has 0 bridgehead atoms. The van der Waals surface area contributed by atoms with Crippen LogP contribution in [0.15, 0.2) is 23.6 Å². The van der Waals surface area contributed by atoms with Gasteiger partial charge in [-0.3, -0.25) is 0 Å². The van der Waals surface area contributed by atoms with E-state index >= 15 is 0 Å².